The Bertz CT molecular complexity index is 1330. The van der Waals surface area contributed by atoms with Crippen LogP contribution in [0, 0.1) is 0 Å². The van der Waals surface area contributed by atoms with Crippen LogP contribution in [0.15, 0.2) is 65.6 Å². The van der Waals surface area contributed by atoms with Gasteiger partial charge in [-0.25, -0.2) is 13.1 Å². The van der Waals surface area contributed by atoms with Crippen LogP contribution in [0.3, 0.4) is 0 Å². The predicted molar refractivity (Wildman–Crippen MR) is 116 cm³/mol. The molecule has 0 amide bonds. The van der Waals surface area contributed by atoms with Gasteiger partial charge < -0.3 is 14.2 Å². The van der Waals surface area contributed by atoms with Crippen LogP contribution in [0.4, 0.5) is 0 Å². The second-order valence-corrected chi connectivity index (χ2v) is 8.33. The minimum Gasteiger partial charge on any atom is -0.497 e. The van der Waals surface area contributed by atoms with E-state index in [9.17, 15) is 8.42 Å². The van der Waals surface area contributed by atoms with Crippen molar-refractivity contribution in [3.8, 4) is 28.8 Å². The molecule has 0 radical (unpaired) electrons. The Kier molecular flexibility index (Phi) is 6.19. The Morgan fingerprint density at radius 2 is 1.78 bits per heavy atom. The van der Waals surface area contributed by atoms with Crippen LogP contribution < -0.4 is 18.9 Å². The molecule has 2 aromatic carbocycles. The molecule has 0 saturated heterocycles. The van der Waals surface area contributed by atoms with E-state index in [0.717, 1.165) is 5.56 Å². The number of nitrogens with zero attached hydrogens (tertiary/aromatic N) is 4. The van der Waals surface area contributed by atoms with Gasteiger partial charge in [0, 0.05) is 24.2 Å². The molecule has 0 spiro atoms. The number of nitrogens with one attached hydrogen (secondary N) is 1. The van der Waals surface area contributed by atoms with Crippen LogP contribution in [0.25, 0.3) is 17.0 Å². The summed E-state index contributed by atoms with van der Waals surface area (Å²) in [5.41, 5.74) is 1.44. The maximum Gasteiger partial charge on any atom is 0.244 e. The fourth-order valence-corrected chi connectivity index (χ4v) is 4.21. The van der Waals surface area contributed by atoms with Crippen LogP contribution in [0.1, 0.15) is 0 Å². The molecular weight excluding hydrogens is 434 g/mol. The number of sulfonamides is 1. The van der Waals surface area contributed by atoms with Gasteiger partial charge in [-0.15, -0.1) is 15.3 Å². The molecule has 0 aliphatic carbocycles. The maximum atomic E-state index is 12.7. The van der Waals surface area contributed by atoms with E-state index in [0.29, 0.717) is 23.1 Å². The zero-order valence-corrected chi connectivity index (χ0v) is 18.2. The summed E-state index contributed by atoms with van der Waals surface area (Å²) < 4.78 is 45.4. The van der Waals surface area contributed by atoms with Crippen molar-refractivity contribution in [2.45, 2.75) is 4.90 Å². The Balaban J connectivity index is 1.44. The number of fused-ring (bicyclic) bond motifs is 1. The molecule has 32 heavy (non-hydrogen) atoms. The van der Waals surface area contributed by atoms with Gasteiger partial charge >= 0.3 is 0 Å². The summed E-state index contributed by atoms with van der Waals surface area (Å²) in [4.78, 5) is -0.0177. The number of rotatable bonds is 9. The van der Waals surface area contributed by atoms with Crippen molar-refractivity contribution in [3.63, 3.8) is 0 Å². The van der Waals surface area contributed by atoms with Crippen molar-refractivity contribution < 1.29 is 22.6 Å². The van der Waals surface area contributed by atoms with Crippen molar-refractivity contribution in [1.29, 1.82) is 0 Å². The highest BCUT2D eigenvalue weighted by Crippen LogP contribution is 2.28. The van der Waals surface area contributed by atoms with Crippen molar-refractivity contribution in [2.24, 2.45) is 0 Å². The minimum atomic E-state index is -3.84. The summed E-state index contributed by atoms with van der Waals surface area (Å²) >= 11 is 0. The minimum absolute atomic E-state index is 0.0177. The molecule has 0 saturated carbocycles. The van der Waals surface area contributed by atoms with E-state index in [1.165, 1.54) is 26.4 Å². The first-order valence-corrected chi connectivity index (χ1v) is 11.1. The Hall–Kier alpha value is -3.70. The average Bonchev–Trinajstić information content (AvgIpc) is 3.25. The summed E-state index contributed by atoms with van der Waals surface area (Å²) in [7, 11) is -0.975. The van der Waals surface area contributed by atoms with Gasteiger partial charge in [0.15, 0.2) is 11.5 Å². The van der Waals surface area contributed by atoms with Crippen molar-refractivity contribution in [1.82, 2.24) is 24.5 Å². The van der Waals surface area contributed by atoms with Gasteiger partial charge in [-0.2, -0.15) is 4.52 Å². The number of benzene rings is 2. The third kappa shape index (κ3) is 4.48. The number of hydrogen-bond donors (Lipinski definition) is 1. The lowest BCUT2D eigenvalue weighted by atomic mass is 10.2. The van der Waals surface area contributed by atoms with E-state index in [1.807, 2.05) is 30.3 Å². The van der Waals surface area contributed by atoms with Gasteiger partial charge in [-0.1, -0.05) is 30.3 Å². The quantitative estimate of drug-likeness (QED) is 0.382. The molecule has 0 unspecified atom stereocenters. The lowest BCUT2D eigenvalue weighted by molar-refractivity contribution is 0.305. The highest BCUT2D eigenvalue weighted by molar-refractivity contribution is 7.89. The molecule has 4 aromatic rings. The van der Waals surface area contributed by atoms with Crippen molar-refractivity contribution in [2.75, 3.05) is 27.4 Å². The van der Waals surface area contributed by atoms with E-state index in [4.69, 9.17) is 14.2 Å². The molecule has 0 aliphatic heterocycles. The van der Waals surface area contributed by atoms with Crippen molar-refractivity contribution in [3.05, 3.63) is 60.7 Å². The number of ether oxygens (including phenoxy) is 3. The zero-order chi connectivity index (χ0) is 22.6. The van der Waals surface area contributed by atoms with Gasteiger partial charge in [0.1, 0.15) is 23.0 Å². The molecule has 11 heteroatoms. The van der Waals surface area contributed by atoms with Gasteiger partial charge in [-0.05, 0) is 18.2 Å². The first kappa shape index (κ1) is 21.5. The van der Waals surface area contributed by atoms with E-state index in [-0.39, 0.29) is 23.8 Å². The summed E-state index contributed by atoms with van der Waals surface area (Å²) in [5, 5.41) is 12.7. The Morgan fingerprint density at radius 1 is 0.969 bits per heavy atom. The smallest absolute Gasteiger partial charge is 0.244 e. The van der Waals surface area contributed by atoms with Gasteiger partial charge in [-0.3, -0.25) is 0 Å². The molecule has 2 aromatic heterocycles. The highest BCUT2D eigenvalue weighted by atomic mass is 32.2. The molecule has 166 valence electrons. The second-order valence-electron chi connectivity index (χ2n) is 6.59. The molecular formula is C21H21N5O5S. The summed E-state index contributed by atoms with van der Waals surface area (Å²) in [6, 6.07) is 17.5. The summed E-state index contributed by atoms with van der Waals surface area (Å²) in [5.74, 6) is 1.51. The van der Waals surface area contributed by atoms with E-state index in [2.05, 4.69) is 20.0 Å². The highest BCUT2D eigenvalue weighted by Gasteiger charge is 2.20. The standard InChI is InChI=1S/C21H21N5O5S/c1-29-16-8-9-17(30-2)18(14-16)32(27,28)22-12-13-31-20-11-10-19-23-24-21(26(19)25-20)15-6-4-3-5-7-15/h3-11,14,22H,12-13H2,1-2H3. The lowest BCUT2D eigenvalue weighted by Gasteiger charge is -2.12. The van der Waals surface area contributed by atoms with Crippen LogP contribution in [0.2, 0.25) is 0 Å². The molecule has 0 atom stereocenters. The van der Waals surface area contributed by atoms with E-state index in [1.54, 1.807) is 22.7 Å². The Labute approximate surface area is 184 Å². The van der Waals surface area contributed by atoms with Crippen LogP contribution in [-0.4, -0.2) is 55.6 Å². The summed E-state index contributed by atoms with van der Waals surface area (Å²) in [6.45, 7) is 0.0863. The Morgan fingerprint density at radius 3 is 2.53 bits per heavy atom. The van der Waals surface area contributed by atoms with Crippen LogP contribution >= 0.6 is 0 Å². The molecule has 0 aliphatic rings. The predicted octanol–water partition coefficient (Wildman–Crippen LogP) is 2.17. The average molecular weight is 455 g/mol. The van der Waals surface area contributed by atoms with Crippen molar-refractivity contribution >= 4 is 15.7 Å². The zero-order valence-electron chi connectivity index (χ0n) is 17.4. The normalized spacial score (nSPS) is 11.4. The fraction of sp³-hybridized carbons (Fsp3) is 0.190. The van der Waals surface area contributed by atoms with E-state index >= 15 is 0 Å². The molecule has 2 heterocycles. The van der Waals surface area contributed by atoms with Gasteiger partial charge in [0.25, 0.3) is 0 Å². The number of methoxy groups -OCH3 is 2. The molecule has 10 nitrogen and oxygen atoms in total. The first-order valence-electron chi connectivity index (χ1n) is 9.64. The van der Waals surface area contributed by atoms with Gasteiger partial charge in [0.05, 0.1) is 14.2 Å². The third-order valence-corrected chi connectivity index (χ3v) is 6.06. The topological polar surface area (TPSA) is 117 Å². The monoisotopic (exact) mass is 455 g/mol. The number of aromatic nitrogens is 4. The van der Waals surface area contributed by atoms with Crippen LogP contribution in [0.5, 0.6) is 17.4 Å². The maximum absolute atomic E-state index is 12.7. The third-order valence-electron chi connectivity index (χ3n) is 4.57. The second kappa shape index (κ2) is 9.20. The summed E-state index contributed by atoms with van der Waals surface area (Å²) in [6.07, 6.45) is 0. The number of hydrogen-bond acceptors (Lipinski definition) is 8. The SMILES string of the molecule is COc1ccc(OC)c(S(=O)(=O)NCCOc2ccc3nnc(-c4ccccc4)n3n2)c1. The molecule has 4 rings (SSSR count). The molecule has 1 N–H and O–H groups in total. The molecule has 0 bridgehead atoms. The van der Waals surface area contributed by atoms with Gasteiger partial charge in [0.2, 0.25) is 15.9 Å². The fourth-order valence-electron chi connectivity index (χ4n) is 3.02. The lowest BCUT2D eigenvalue weighted by Crippen LogP contribution is -2.28. The van der Waals surface area contributed by atoms with Crippen LogP contribution in [-0.2, 0) is 10.0 Å². The molecule has 0 fully saturated rings. The first-order chi connectivity index (χ1) is 15.5. The largest absolute Gasteiger partial charge is 0.497 e. The van der Waals surface area contributed by atoms with E-state index < -0.39 is 10.0 Å².